The van der Waals surface area contributed by atoms with Crippen molar-refractivity contribution in [1.82, 2.24) is 15.5 Å². The normalized spacial score (nSPS) is 15.3. The van der Waals surface area contributed by atoms with Crippen molar-refractivity contribution in [2.75, 3.05) is 34.3 Å². The Morgan fingerprint density at radius 1 is 1.23 bits per heavy atom. The van der Waals surface area contributed by atoms with Gasteiger partial charge in [0.05, 0.1) is 12.0 Å². The number of amides is 1. The molecule has 0 unspecified atom stereocenters. The Kier molecular flexibility index (Phi) is 11.3. The largest absolute Gasteiger partial charge is 0.490 e. The highest BCUT2D eigenvalue weighted by Gasteiger charge is 2.42. The van der Waals surface area contributed by atoms with Gasteiger partial charge in [0.1, 0.15) is 0 Å². The molecule has 1 saturated carbocycles. The van der Waals surface area contributed by atoms with E-state index in [2.05, 4.69) is 20.4 Å². The fourth-order valence-electron chi connectivity index (χ4n) is 3.78. The summed E-state index contributed by atoms with van der Waals surface area (Å²) >= 11 is 0. The van der Waals surface area contributed by atoms with E-state index in [4.69, 9.17) is 4.74 Å². The van der Waals surface area contributed by atoms with Gasteiger partial charge >= 0.3 is 6.61 Å². The van der Waals surface area contributed by atoms with Crippen molar-refractivity contribution >= 4 is 35.8 Å². The first-order valence-electron chi connectivity index (χ1n) is 10.2. The SMILES string of the molecule is CCOc1cc(CNC(=NC)NCC2(C(=O)N(C)C)CCCC2)ccc1OC(F)F.I. The van der Waals surface area contributed by atoms with Crippen LogP contribution >= 0.6 is 24.0 Å². The number of aliphatic imine (C=N–C) groups is 1. The minimum atomic E-state index is -2.91. The van der Waals surface area contributed by atoms with Gasteiger partial charge in [-0.15, -0.1) is 24.0 Å². The number of benzene rings is 1. The molecular formula is C21H33F2IN4O3. The van der Waals surface area contributed by atoms with E-state index >= 15 is 0 Å². The van der Waals surface area contributed by atoms with Crippen LogP contribution in [0.5, 0.6) is 11.5 Å². The zero-order valence-electron chi connectivity index (χ0n) is 18.5. The number of hydrogen-bond acceptors (Lipinski definition) is 4. The lowest BCUT2D eigenvalue weighted by Crippen LogP contribution is -2.49. The van der Waals surface area contributed by atoms with Crippen molar-refractivity contribution in [2.45, 2.75) is 45.8 Å². The van der Waals surface area contributed by atoms with Gasteiger partial charge in [-0.05, 0) is 37.5 Å². The first kappa shape index (κ1) is 27.2. The van der Waals surface area contributed by atoms with E-state index in [0.717, 1.165) is 31.2 Å². The Morgan fingerprint density at radius 2 is 1.90 bits per heavy atom. The van der Waals surface area contributed by atoms with Gasteiger partial charge in [-0.2, -0.15) is 8.78 Å². The fourth-order valence-corrected chi connectivity index (χ4v) is 3.78. The molecule has 1 fully saturated rings. The van der Waals surface area contributed by atoms with Gasteiger partial charge < -0.3 is 25.0 Å². The topological polar surface area (TPSA) is 75.2 Å². The number of rotatable bonds is 9. The molecule has 1 aliphatic carbocycles. The van der Waals surface area contributed by atoms with Crippen LogP contribution in [0.1, 0.15) is 38.2 Å². The Hall–Kier alpha value is -1.85. The van der Waals surface area contributed by atoms with Gasteiger partial charge in [-0.1, -0.05) is 18.9 Å². The summed E-state index contributed by atoms with van der Waals surface area (Å²) in [5.74, 6) is 0.975. The molecule has 1 aliphatic rings. The molecule has 0 heterocycles. The molecule has 2 rings (SSSR count). The van der Waals surface area contributed by atoms with Crippen molar-refractivity contribution in [3.8, 4) is 11.5 Å². The molecule has 0 spiro atoms. The first-order valence-corrected chi connectivity index (χ1v) is 10.2. The number of alkyl halides is 2. The van der Waals surface area contributed by atoms with Gasteiger partial charge in [-0.3, -0.25) is 9.79 Å². The second kappa shape index (κ2) is 12.9. The molecule has 31 heavy (non-hydrogen) atoms. The summed E-state index contributed by atoms with van der Waals surface area (Å²) in [4.78, 5) is 18.6. The van der Waals surface area contributed by atoms with Crippen LogP contribution in [0.25, 0.3) is 0 Å². The minimum absolute atomic E-state index is 0. The summed E-state index contributed by atoms with van der Waals surface area (Å²) in [5, 5.41) is 6.47. The maximum atomic E-state index is 12.7. The molecule has 0 radical (unpaired) electrons. The van der Waals surface area contributed by atoms with Crippen LogP contribution in [-0.4, -0.2) is 57.7 Å². The Labute approximate surface area is 200 Å². The molecule has 0 aliphatic heterocycles. The summed E-state index contributed by atoms with van der Waals surface area (Å²) in [6.45, 7) is 0.112. The van der Waals surface area contributed by atoms with Crippen LogP contribution in [0.15, 0.2) is 23.2 Å². The molecule has 1 aromatic rings. The molecule has 0 aromatic heterocycles. The van der Waals surface area contributed by atoms with Gasteiger partial charge in [0.25, 0.3) is 0 Å². The maximum Gasteiger partial charge on any atom is 0.387 e. The molecule has 7 nitrogen and oxygen atoms in total. The maximum absolute atomic E-state index is 12.7. The lowest BCUT2D eigenvalue weighted by atomic mass is 9.84. The molecule has 1 amide bonds. The highest BCUT2D eigenvalue weighted by molar-refractivity contribution is 14.0. The zero-order chi connectivity index (χ0) is 22.1. The number of guanidine groups is 1. The monoisotopic (exact) mass is 554 g/mol. The number of hydrogen-bond donors (Lipinski definition) is 2. The van der Waals surface area contributed by atoms with Crippen LogP contribution in [0.3, 0.4) is 0 Å². The molecule has 2 N–H and O–H groups in total. The third kappa shape index (κ3) is 7.65. The number of halogens is 3. The highest BCUT2D eigenvalue weighted by atomic mass is 127. The van der Waals surface area contributed by atoms with Crippen molar-refractivity contribution in [3.63, 3.8) is 0 Å². The highest BCUT2D eigenvalue weighted by Crippen LogP contribution is 2.39. The molecule has 0 bridgehead atoms. The van der Waals surface area contributed by atoms with Crippen LogP contribution in [0, 0.1) is 5.41 Å². The standard InChI is InChI=1S/C21H32F2N4O3.HI/c1-5-29-17-12-15(8-9-16(17)30-19(22)23)13-25-20(24-2)26-14-21(10-6-7-11-21)18(28)27(3)4;/h8-9,12,19H,5-7,10-11,13-14H2,1-4H3,(H2,24,25,26);1H. The Morgan fingerprint density at radius 3 is 2.45 bits per heavy atom. The van der Waals surface area contributed by atoms with E-state index in [1.807, 2.05) is 0 Å². The number of nitrogens with one attached hydrogen (secondary N) is 2. The van der Waals surface area contributed by atoms with Gasteiger partial charge in [-0.25, -0.2) is 0 Å². The third-order valence-electron chi connectivity index (χ3n) is 5.22. The summed E-state index contributed by atoms with van der Waals surface area (Å²) in [6, 6.07) is 4.82. The second-order valence-corrected chi connectivity index (χ2v) is 7.56. The molecular weight excluding hydrogens is 521 g/mol. The quantitative estimate of drug-likeness (QED) is 0.277. The summed E-state index contributed by atoms with van der Waals surface area (Å²) in [6.07, 6.45) is 3.80. The number of carbonyl (C=O) groups is 1. The van der Waals surface area contributed by atoms with Gasteiger partial charge in [0.15, 0.2) is 17.5 Å². The van der Waals surface area contributed by atoms with Crippen LogP contribution in [0.4, 0.5) is 8.78 Å². The average molecular weight is 554 g/mol. The minimum Gasteiger partial charge on any atom is -0.490 e. The number of carbonyl (C=O) groups excluding carboxylic acids is 1. The lowest BCUT2D eigenvalue weighted by Gasteiger charge is -2.31. The van der Waals surface area contributed by atoms with E-state index < -0.39 is 12.0 Å². The lowest BCUT2D eigenvalue weighted by molar-refractivity contribution is -0.138. The molecule has 1 aromatic carbocycles. The van der Waals surface area contributed by atoms with E-state index in [1.54, 1.807) is 45.1 Å². The third-order valence-corrected chi connectivity index (χ3v) is 5.22. The van der Waals surface area contributed by atoms with E-state index in [9.17, 15) is 13.6 Å². The summed E-state index contributed by atoms with van der Waals surface area (Å²) < 4.78 is 35.0. The van der Waals surface area contributed by atoms with Gasteiger partial charge in [0.2, 0.25) is 5.91 Å². The predicted molar refractivity (Wildman–Crippen MR) is 127 cm³/mol. The Balaban J connectivity index is 0.00000480. The molecule has 0 atom stereocenters. The number of nitrogens with zero attached hydrogens (tertiary/aromatic N) is 2. The van der Waals surface area contributed by atoms with E-state index in [1.165, 1.54) is 6.07 Å². The van der Waals surface area contributed by atoms with Crippen LogP contribution in [0.2, 0.25) is 0 Å². The Bertz CT molecular complexity index is 741. The smallest absolute Gasteiger partial charge is 0.387 e. The number of ether oxygens (including phenoxy) is 2. The van der Waals surface area contributed by atoms with Crippen molar-refractivity contribution in [2.24, 2.45) is 10.4 Å². The van der Waals surface area contributed by atoms with Gasteiger partial charge in [0, 0.05) is 34.2 Å². The second-order valence-electron chi connectivity index (χ2n) is 7.56. The fraction of sp³-hybridized carbons (Fsp3) is 0.619. The van der Waals surface area contributed by atoms with Crippen LogP contribution < -0.4 is 20.1 Å². The molecule has 176 valence electrons. The summed E-state index contributed by atoms with van der Waals surface area (Å²) in [5.41, 5.74) is 0.417. The van der Waals surface area contributed by atoms with Crippen molar-refractivity contribution in [3.05, 3.63) is 23.8 Å². The first-order chi connectivity index (χ1) is 14.3. The zero-order valence-corrected chi connectivity index (χ0v) is 20.9. The van der Waals surface area contributed by atoms with E-state index in [-0.39, 0.29) is 41.4 Å². The average Bonchev–Trinajstić information content (AvgIpc) is 3.19. The van der Waals surface area contributed by atoms with Crippen molar-refractivity contribution in [1.29, 1.82) is 0 Å². The predicted octanol–water partition coefficient (Wildman–Crippen LogP) is 3.62. The van der Waals surface area contributed by atoms with Crippen LogP contribution in [-0.2, 0) is 11.3 Å². The summed E-state index contributed by atoms with van der Waals surface area (Å²) in [7, 11) is 5.23. The van der Waals surface area contributed by atoms with E-state index in [0.29, 0.717) is 25.7 Å². The molecule has 0 saturated heterocycles. The molecule has 10 heteroatoms. The van der Waals surface area contributed by atoms with Crippen molar-refractivity contribution < 1.29 is 23.0 Å².